The predicted molar refractivity (Wildman–Crippen MR) is 145 cm³/mol. The number of hydrogen-bond acceptors (Lipinski definition) is 8. The number of nitro benzene ring substituents is 1. The molecule has 12 heteroatoms. The van der Waals surface area contributed by atoms with E-state index in [-0.39, 0.29) is 34.5 Å². The maximum Gasteiger partial charge on any atom is 0.311 e. The highest BCUT2D eigenvalue weighted by atomic mass is 32.1. The number of para-hydroxylation sites is 1. The number of nitro groups is 1. The minimum atomic E-state index is -0.643. The van der Waals surface area contributed by atoms with Crippen LogP contribution in [0.3, 0.4) is 0 Å². The summed E-state index contributed by atoms with van der Waals surface area (Å²) < 4.78 is 16.2. The summed E-state index contributed by atoms with van der Waals surface area (Å²) in [6.07, 6.45) is 0. The molecule has 4 aromatic rings. The van der Waals surface area contributed by atoms with Gasteiger partial charge in [-0.1, -0.05) is 18.2 Å². The van der Waals surface area contributed by atoms with Gasteiger partial charge in [-0.2, -0.15) is 0 Å². The number of nitrogens with one attached hydrogen (secondary N) is 3. The lowest BCUT2D eigenvalue weighted by molar-refractivity contribution is -0.385. The van der Waals surface area contributed by atoms with Crippen molar-refractivity contribution in [1.82, 2.24) is 5.32 Å². The summed E-state index contributed by atoms with van der Waals surface area (Å²) in [6, 6.07) is 17.6. The fraction of sp³-hybridized carbons (Fsp3) is 0.115. The molecule has 1 aromatic heterocycles. The minimum absolute atomic E-state index is 0.0329. The second-order valence-corrected chi connectivity index (χ2v) is 8.21. The molecule has 38 heavy (non-hydrogen) atoms. The summed E-state index contributed by atoms with van der Waals surface area (Å²) in [7, 11) is 1.44. The molecule has 0 aliphatic heterocycles. The highest BCUT2D eigenvalue weighted by Gasteiger charge is 2.20. The monoisotopic (exact) mass is 534 g/mol. The summed E-state index contributed by atoms with van der Waals surface area (Å²) >= 11 is 5.22. The molecule has 0 atom stereocenters. The maximum absolute atomic E-state index is 12.7. The van der Waals surface area contributed by atoms with E-state index in [0.29, 0.717) is 22.7 Å². The van der Waals surface area contributed by atoms with Crippen molar-refractivity contribution in [2.45, 2.75) is 6.92 Å². The van der Waals surface area contributed by atoms with Crippen LogP contribution in [0.1, 0.15) is 27.8 Å². The number of hydrogen-bond donors (Lipinski definition) is 3. The summed E-state index contributed by atoms with van der Waals surface area (Å²) in [5.74, 6) is -0.554. The Balaban J connectivity index is 1.42. The number of furan rings is 1. The fourth-order valence-electron chi connectivity index (χ4n) is 3.57. The van der Waals surface area contributed by atoms with Crippen LogP contribution in [0.4, 0.5) is 17.1 Å². The van der Waals surface area contributed by atoms with Gasteiger partial charge in [0, 0.05) is 28.8 Å². The first-order chi connectivity index (χ1) is 18.3. The second-order valence-electron chi connectivity index (χ2n) is 7.80. The van der Waals surface area contributed by atoms with Gasteiger partial charge < -0.3 is 24.5 Å². The van der Waals surface area contributed by atoms with E-state index < -0.39 is 16.7 Å². The van der Waals surface area contributed by atoms with Gasteiger partial charge in [-0.3, -0.25) is 25.0 Å². The van der Waals surface area contributed by atoms with Gasteiger partial charge in [0.1, 0.15) is 11.3 Å². The number of carbonyl (C=O) groups is 2. The number of ether oxygens (including phenoxy) is 2. The summed E-state index contributed by atoms with van der Waals surface area (Å²) in [4.78, 5) is 36.0. The van der Waals surface area contributed by atoms with Gasteiger partial charge in [0.25, 0.3) is 11.8 Å². The molecule has 0 aliphatic rings. The van der Waals surface area contributed by atoms with E-state index in [4.69, 9.17) is 26.1 Å². The van der Waals surface area contributed by atoms with Crippen molar-refractivity contribution in [1.29, 1.82) is 0 Å². The molecule has 4 rings (SSSR count). The van der Waals surface area contributed by atoms with Crippen LogP contribution >= 0.6 is 12.2 Å². The van der Waals surface area contributed by atoms with E-state index >= 15 is 0 Å². The first-order valence-electron chi connectivity index (χ1n) is 11.3. The SMILES string of the molecule is CCOc1ccc(C(=O)NC(=S)Nc2ccc(NC(=O)c3cc4ccccc4o3)c(OC)c2)cc1[N+](=O)[O-]. The van der Waals surface area contributed by atoms with Crippen molar-refractivity contribution in [2.75, 3.05) is 24.4 Å². The Morgan fingerprint density at radius 1 is 1.00 bits per heavy atom. The van der Waals surface area contributed by atoms with Gasteiger partial charge in [-0.05, 0) is 55.5 Å². The summed E-state index contributed by atoms with van der Waals surface area (Å²) in [5, 5.41) is 20.1. The van der Waals surface area contributed by atoms with Crippen molar-refractivity contribution in [3.05, 3.63) is 88.2 Å². The average Bonchev–Trinajstić information content (AvgIpc) is 3.34. The Kier molecular flexibility index (Phi) is 7.83. The normalized spacial score (nSPS) is 10.5. The molecule has 0 aliphatic carbocycles. The molecule has 0 radical (unpaired) electrons. The van der Waals surface area contributed by atoms with E-state index in [9.17, 15) is 19.7 Å². The number of nitrogens with zero attached hydrogens (tertiary/aromatic N) is 1. The number of amides is 2. The first kappa shape index (κ1) is 26.1. The van der Waals surface area contributed by atoms with Gasteiger partial charge in [-0.15, -0.1) is 0 Å². The lowest BCUT2D eigenvalue weighted by Crippen LogP contribution is -2.34. The van der Waals surface area contributed by atoms with Crippen molar-refractivity contribution in [2.24, 2.45) is 0 Å². The van der Waals surface area contributed by atoms with Crippen LogP contribution in [0.2, 0.25) is 0 Å². The van der Waals surface area contributed by atoms with Gasteiger partial charge >= 0.3 is 5.69 Å². The lowest BCUT2D eigenvalue weighted by atomic mass is 10.1. The van der Waals surface area contributed by atoms with Crippen LogP contribution in [0.15, 0.2) is 71.1 Å². The Bertz CT molecular complexity index is 1520. The van der Waals surface area contributed by atoms with Gasteiger partial charge in [0.05, 0.1) is 24.3 Å². The van der Waals surface area contributed by atoms with Gasteiger partial charge in [0.15, 0.2) is 16.6 Å². The van der Waals surface area contributed by atoms with Crippen LogP contribution in [0.5, 0.6) is 11.5 Å². The minimum Gasteiger partial charge on any atom is -0.494 e. The predicted octanol–water partition coefficient (Wildman–Crippen LogP) is 5.13. The Morgan fingerprint density at radius 3 is 2.50 bits per heavy atom. The third kappa shape index (κ3) is 5.87. The largest absolute Gasteiger partial charge is 0.494 e. The van der Waals surface area contributed by atoms with Crippen LogP contribution in [-0.2, 0) is 0 Å². The Labute approximate surface area is 221 Å². The molecule has 0 unspecified atom stereocenters. The van der Waals surface area contributed by atoms with Crippen molar-refractivity contribution in [3.8, 4) is 11.5 Å². The standard InChI is InChI=1S/C26H22N4O7S/c1-3-36-21-11-8-16(12-19(21)30(33)34)24(31)29-26(38)27-17-9-10-18(22(14-17)35-2)28-25(32)23-13-15-6-4-5-7-20(15)37-23/h4-14H,3H2,1-2H3,(H,28,32)(H2,27,29,31,38). The first-order valence-corrected chi connectivity index (χ1v) is 11.7. The number of benzene rings is 3. The number of thiocarbonyl (C=S) groups is 1. The van der Waals surface area contributed by atoms with E-state index in [1.54, 1.807) is 37.3 Å². The quantitative estimate of drug-likeness (QED) is 0.159. The molecule has 0 saturated carbocycles. The van der Waals surface area contributed by atoms with Crippen LogP contribution < -0.4 is 25.4 Å². The highest BCUT2D eigenvalue weighted by molar-refractivity contribution is 7.80. The molecule has 1 heterocycles. The van der Waals surface area contributed by atoms with Crippen molar-refractivity contribution in [3.63, 3.8) is 0 Å². The molecule has 0 spiro atoms. The molecule has 3 aromatic carbocycles. The Hall–Kier alpha value is -4.97. The zero-order valence-corrected chi connectivity index (χ0v) is 21.1. The molecule has 3 N–H and O–H groups in total. The highest BCUT2D eigenvalue weighted by Crippen LogP contribution is 2.30. The van der Waals surface area contributed by atoms with Crippen LogP contribution in [0, 0.1) is 10.1 Å². The molecule has 0 bridgehead atoms. The summed E-state index contributed by atoms with van der Waals surface area (Å²) in [5.41, 5.74) is 1.15. The number of carbonyl (C=O) groups excluding carboxylic acids is 2. The van der Waals surface area contributed by atoms with Gasteiger partial charge in [0.2, 0.25) is 0 Å². The topological polar surface area (TPSA) is 145 Å². The zero-order chi connectivity index (χ0) is 27.2. The third-order valence-electron chi connectivity index (χ3n) is 5.30. The van der Waals surface area contributed by atoms with Crippen LogP contribution in [-0.4, -0.2) is 35.6 Å². The molecular weight excluding hydrogens is 512 g/mol. The number of anilines is 2. The van der Waals surface area contributed by atoms with Crippen molar-refractivity contribution < 1.29 is 28.4 Å². The van der Waals surface area contributed by atoms with Gasteiger partial charge in [-0.25, -0.2) is 0 Å². The van der Waals surface area contributed by atoms with E-state index in [2.05, 4.69) is 16.0 Å². The molecular formula is C26H22N4O7S. The lowest BCUT2D eigenvalue weighted by Gasteiger charge is -2.14. The maximum atomic E-state index is 12.7. The second kappa shape index (κ2) is 11.4. The Morgan fingerprint density at radius 2 is 1.79 bits per heavy atom. The molecule has 0 saturated heterocycles. The number of fused-ring (bicyclic) bond motifs is 1. The molecule has 2 amide bonds. The molecule has 0 fully saturated rings. The van der Waals surface area contributed by atoms with E-state index in [1.165, 1.54) is 19.2 Å². The molecule has 194 valence electrons. The summed E-state index contributed by atoms with van der Waals surface area (Å²) in [6.45, 7) is 1.94. The van der Waals surface area contributed by atoms with E-state index in [0.717, 1.165) is 11.5 Å². The van der Waals surface area contributed by atoms with Crippen molar-refractivity contribution >= 4 is 57.2 Å². The third-order valence-corrected chi connectivity index (χ3v) is 5.51. The number of rotatable bonds is 8. The van der Waals surface area contributed by atoms with Crippen LogP contribution in [0.25, 0.3) is 11.0 Å². The average molecular weight is 535 g/mol. The number of methoxy groups -OCH3 is 1. The smallest absolute Gasteiger partial charge is 0.311 e. The zero-order valence-electron chi connectivity index (χ0n) is 20.3. The van der Waals surface area contributed by atoms with E-state index in [1.807, 2.05) is 18.2 Å². The fourth-order valence-corrected chi connectivity index (χ4v) is 3.78. The molecule has 11 nitrogen and oxygen atoms in total.